The van der Waals surface area contributed by atoms with Crippen molar-refractivity contribution in [2.75, 3.05) is 13.1 Å². The molecular weight excluding hydrogens is 236 g/mol. The topological polar surface area (TPSA) is 44.1 Å². The Kier molecular flexibility index (Phi) is 3.82. The van der Waals surface area contributed by atoms with Crippen LogP contribution in [-0.4, -0.2) is 23.9 Å². The first-order valence-corrected chi connectivity index (χ1v) is 6.26. The number of nitriles is 1. The van der Waals surface area contributed by atoms with Crippen LogP contribution in [0.3, 0.4) is 0 Å². The van der Waals surface area contributed by atoms with Crippen molar-refractivity contribution >= 4 is 5.91 Å². The van der Waals surface area contributed by atoms with E-state index >= 15 is 0 Å². The van der Waals surface area contributed by atoms with Crippen LogP contribution < -0.4 is 0 Å². The van der Waals surface area contributed by atoms with Gasteiger partial charge in [0.2, 0.25) is 0 Å². The molecule has 0 saturated carbocycles. The van der Waals surface area contributed by atoms with Gasteiger partial charge in [-0.25, -0.2) is 0 Å². The Morgan fingerprint density at radius 2 is 2.11 bits per heavy atom. The van der Waals surface area contributed by atoms with Gasteiger partial charge in [0, 0.05) is 18.7 Å². The van der Waals surface area contributed by atoms with Crippen molar-refractivity contribution in [1.29, 1.82) is 5.26 Å². The third kappa shape index (κ3) is 2.74. The number of benzene rings is 1. The van der Waals surface area contributed by atoms with Crippen molar-refractivity contribution in [2.24, 2.45) is 0 Å². The lowest BCUT2D eigenvalue weighted by Crippen LogP contribution is -2.36. The normalized spacial score (nSPS) is 15.1. The maximum absolute atomic E-state index is 12.4. The van der Waals surface area contributed by atoms with E-state index in [0.717, 1.165) is 18.5 Å². The van der Waals surface area contributed by atoms with Gasteiger partial charge >= 0.3 is 0 Å². The number of rotatable bonds is 2. The van der Waals surface area contributed by atoms with E-state index in [1.165, 1.54) is 5.57 Å². The first-order chi connectivity index (χ1) is 9.15. The van der Waals surface area contributed by atoms with Gasteiger partial charge in [-0.15, -0.1) is 0 Å². The molecule has 0 spiro atoms. The summed E-state index contributed by atoms with van der Waals surface area (Å²) in [4.78, 5) is 14.2. The molecule has 1 amide bonds. The fourth-order valence-electron chi connectivity index (χ4n) is 2.16. The third-order valence-corrected chi connectivity index (χ3v) is 3.46. The Morgan fingerprint density at radius 3 is 2.68 bits per heavy atom. The Hall–Kier alpha value is -2.34. The summed E-state index contributed by atoms with van der Waals surface area (Å²) in [5, 5.41) is 8.75. The quantitative estimate of drug-likeness (QED) is 0.812. The average molecular weight is 252 g/mol. The van der Waals surface area contributed by atoms with Gasteiger partial charge in [0.25, 0.3) is 5.91 Å². The van der Waals surface area contributed by atoms with Gasteiger partial charge < -0.3 is 4.90 Å². The van der Waals surface area contributed by atoms with Crippen LogP contribution >= 0.6 is 0 Å². The van der Waals surface area contributed by atoms with Gasteiger partial charge in [-0.05, 0) is 43.2 Å². The van der Waals surface area contributed by atoms with E-state index < -0.39 is 0 Å². The molecule has 1 aliphatic rings. The second-order valence-corrected chi connectivity index (χ2v) is 4.68. The van der Waals surface area contributed by atoms with E-state index in [-0.39, 0.29) is 5.91 Å². The molecule has 0 aromatic heterocycles. The lowest BCUT2D eigenvalue weighted by molar-refractivity contribution is 0.0765. The van der Waals surface area contributed by atoms with Crippen LogP contribution in [0, 0.1) is 11.3 Å². The molecule has 0 atom stereocenters. The van der Waals surface area contributed by atoms with Crippen molar-refractivity contribution in [1.82, 2.24) is 4.90 Å². The van der Waals surface area contributed by atoms with E-state index in [0.29, 0.717) is 17.7 Å². The van der Waals surface area contributed by atoms with E-state index in [1.54, 1.807) is 24.3 Å². The summed E-state index contributed by atoms with van der Waals surface area (Å²) in [6, 6.07) is 8.81. The molecular formula is C16H16N2O. The Morgan fingerprint density at radius 1 is 1.42 bits per heavy atom. The van der Waals surface area contributed by atoms with Gasteiger partial charge in [-0.1, -0.05) is 18.2 Å². The van der Waals surface area contributed by atoms with Crippen LogP contribution in [0.4, 0.5) is 0 Å². The van der Waals surface area contributed by atoms with E-state index in [1.807, 2.05) is 17.0 Å². The highest BCUT2D eigenvalue weighted by Gasteiger charge is 2.20. The SMILES string of the molecule is C=CC1=C(C)CCN(C(=O)c2ccc(C#N)cc2)C1. The molecule has 0 aliphatic carbocycles. The standard InChI is InChI=1S/C16H16N2O/c1-3-14-11-18(9-8-12(14)2)16(19)15-6-4-13(10-17)5-7-15/h3-7H,1,8-9,11H2,2H3. The van der Waals surface area contributed by atoms with E-state index in [2.05, 4.69) is 13.5 Å². The maximum atomic E-state index is 12.4. The van der Waals surface area contributed by atoms with Gasteiger partial charge in [-0.2, -0.15) is 5.26 Å². The summed E-state index contributed by atoms with van der Waals surface area (Å²) in [7, 11) is 0. The minimum Gasteiger partial charge on any atom is -0.334 e. The number of carbonyl (C=O) groups excluding carboxylic acids is 1. The molecule has 0 radical (unpaired) electrons. The molecule has 0 bridgehead atoms. The number of amides is 1. The van der Waals surface area contributed by atoms with Gasteiger partial charge in [0.15, 0.2) is 0 Å². The van der Waals surface area contributed by atoms with Crippen molar-refractivity contribution in [3.05, 3.63) is 59.2 Å². The molecule has 2 rings (SSSR count). The fraction of sp³-hybridized carbons (Fsp3) is 0.250. The van der Waals surface area contributed by atoms with Gasteiger partial charge in [0.05, 0.1) is 11.6 Å². The lowest BCUT2D eigenvalue weighted by Gasteiger charge is -2.29. The molecule has 1 aromatic rings. The van der Waals surface area contributed by atoms with Crippen LogP contribution in [0.5, 0.6) is 0 Å². The molecule has 96 valence electrons. The number of nitrogens with zero attached hydrogens (tertiary/aromatic N) is 2. The fourth-order valence-corrected chi connectivity index (χ4v) is 2.16. The number of hydrogen-bond acceptors (Lipinski definition) is 2. The highest BCUT2D eigenvalue weighted by molar-refractivity contribution is 5.94. The van der Waals surface area contributed by atoms with Gasteiger partial charge in [0.1, 0.15) is 0 Å². The summed E-state index contributed by atoms with van der Waals surface area (Å²) in [6.07, 6.45) is 2.72. The van der Waals surface area contributed by atoms with E-state index in [4.69, 9.17) is 5.26 Å². The number of carbonyl (C=O) groups is 1. The van der Waals surface area contributed by atoms with Crippen molar-refractivity contribution in [3.8, 4) is 6.07 Å². The predicted octanol–water partition coefficient (Wildman–Crippen LogP) is 2.91. The monoisotopic (exact) mass is 252 g/mol. The van der Waals surface area contributed by atoms with Crippen molar-refractivity contribution in [3.63, 3.8) is 0 Å². The Balaban J connectivity index is 2.17. The summed E-state index contributed by atoms with van der Waals surface area (Å²) in [6.45, 7) is 7.23. The average Bonchev–Trinajstić information content (AvgIpc) is 2.47. The summed E-state index contributed by atoms with van der Waals surface area (Å²) in [5.74, 6) is 0.0105. The molecule has 1 aromatic carbocycles. The van der Waals surface area contributed by atoms with Gasteiger partial charge in [-0.3, -0.25) is 4.79 Å². The highest BCUT2D eigenvalue weighted by Crippen LogP contribution is 2.20. The molecule has 0 fully saturated rings. The minimum atomic E-state index is 0.0105. The number of hydrogen-bond donors (Lipinski definition) is 0. The van der Waals surface area contributed by atoms with Crippen molar-refractivity contribution in [2.45, 2.75) is 13.3 Å². The zero-order chi connectivity index (χ0) is 13.8. The second-order valence-electron chi connectivity index (χ2n) is 4.68. The van der Waals surface area contributed by atoms with Crippen LogP contribution in [0.15, 0.2) is 48.1 Å². The summed E-state index contributed by atoms with van der Waals surface area (Å²) < 4.78 is 0. The van der Waals surface area contributed by atoms with Crippen LogP contribution in [0.1, 0.15) is 29.3 Å². The zero-order valence-corrected chi connectivity index (χ0v) is 11.0. The highest BCUT2D eigenvalue weighted by atomic mass is 16.2. The molecule has 3 heteroatoms. The van der Waals surface area contributed by atoms with Crippen LogP contribution in [0.25, 0.3) is 0 Å². The molecule has 3 nitrogen and oxygen atoms in total. The Labute approximate surface area is 113 Å². The molecule has 19 heavy (non-hydrogen) atoms. The summed E-state index contributed by atoms with van der Waals surface area (Å²) >= 11 is 0. The van der Waals surface area contributed by atoms with Crippen LogP contribution in [-0.2, 0) is 0 Å². The van der Waals surface area contributed by atoms with E-state index in [9.17, 15) is 4.79 Å². The minimum absolute atomic E-state index is 0.0105. The predicted molar refractivity (Wildman–Crippen MR) is 74.6 cm³/mol. The van der Waals surface area contributed by atoms with Crippen LogP contribution in [0.2, 0.25) is 0 Å². The molecule has 0 saturated heterocycles. The maximum Gasteiger partial charge on any atom is 0.254 e. The first kappa shape index (κ1) is 13.1. The lowest BCUT2D eigenvalue weighted by atomic mass is 10.0. The molecule has 0 N–H and O–H groups in total. The van der Waals surface area contributed by atoms with Crippen molar-refractivity contribution < 1.29 is 4.79 Å². The molecule has 1 heterocycles. The third-order valence-electron chi connectivity index (χ3n) is 3.46. The zero-order valence-electron chi connectivity index (χ0n) is 11.0. The second kappa shape index (κ2) is 5.53. The molecule has 1 aliphatic heterocycles. The largest absolute Gasteiger partial charge is 0.334 e. The first-order valence-electron chi connectivity index (χ1n) is 6.26. The Bertz CT molecular complexity index is 576. The molecule has 0 unspecified atom stereocenters. The smallest absolute Gasteiger partial charge is 0.254 e. The summed E-state index contributed by atoms with van der Waals surface area (Å²) in [5.41, 5.74) is 3.63.